The van der Waals surface area contributed by atoms with Gasteiger partial charge in [-0.15, -0.1) is 0 Å². The molecule has 1 aromatic heterocycles. The molecule has 0 aliphatic carbocycles. The number of hydrogen-bond donors (Lipinski definition) is 7. The first-order valence-corrected chi connectivity index (χ1v) is 11.5. The van der Waals surface area contributed by atoms with Gasteiger partial charge in [-0.25, -0.2) is 14.6 Å². The summed E-state index contributed by atoms with van der Waals surface area (Å²) < 4.78 is 63.5. The van der Waals surface area contributed by atoms with Crippen LogP contribution in [0.2, 0.25) is 0 Å². The SMILES string of the molecule is CC[C@H](C)[C@@H](NCC(N)CS)C(=O)NCc1nc2ccccc2[nH]1.O=C(O)C(F)(F)F.O=C(O)C(F)(F)F. The van der Waals surface area contributed by atoms with Gasteiger partial charge >= 0.3 is 24.3 Å². The molecular formula is C21H29F6N5O5S. The number of amides is 1. The third-order valence-corrected chi connectivity index (χ3v) is 5.15. The maximum absolute atomic E-state index is 12.6. The van der Waals surface area contributed by atoms with Crippen LogP contribution in [0.15, 0.2) is 24.3 Å². The molecular weight excluding hydrogens is 548 g/mol. The van der Waals surface area contributed by atoms with E-state index in [9.17, 15) is 31.1 Å². The van der Waals surface area contributed by atoms with Gasteiger partial charge in [0.1, 0.15) is 5.82 Å². The molecule has 0 aliphatic heterocycles. The summed E-state index contributed by atoms with van der Waals surface area (Å²) in [5.41, 5.74) is 7.76. The predicted octanol–water partition coefficient (Wildman–Crippen LogP) is 2.71. The first kappa shape index (κ1) is 35.0. The highest BCUT2D eigenvalue weighted by molar-refractivity contribution is 7.80. The number of nitrogens with zero attached hydrogens (tertiary/aromatic N) is 1. The van der Waals surface area contributed by atoms with Crippen LogP contribution in [-0.2, 0) is 20.9 Å². The summed E-state index contributed by atoms with van der Waals surface area (Å²) in [4.78, 5) is 38.0. The number of halogens is 6. The molecule has 0 saturated heterocycles. The number of nitrogens with two attached hydrogens (primary N) is 1. The number of carboxylic acids is 2. The lowest BCUT2D eigenvalue weighted by Crippen LogP contribution is -2.51. The van der Waals surface area contributed by atoms with Crippen LogP contribution in [-0.4, -0.2) is 74.8 Å². The Morgan fingerprint density at radius 2 is 1.58 bits per heavy atom. The number of para-hydroxylation sites is 2. The number of aromatic amines is 1. The molecule has 38 heavy (non-hydrogen) atoms. The minimum absolute atomic E-state index is 0.0313. The van der Waals surface area contributed by atoms with E-state index in [2.05, 4.69) is 47.1 Å². The first-order valence-electron chi connectivity index (χ1n) is 10.8. The average molecular weight is 578 g/mol. The maximum atomic E-state index is 12.6. The predicted molar refractivity (Wildman–Crippen MR) is 128 cm³/mol. The van der Waals surface area contributed by atoms with Crippen LogP contribution in [0.25, 0.3) is 11.0 Å². The fourth-order valence-corrected chi connectivity index (χ4v) is 2.63. The van der Waals surface area contributed by atoms with Crippen molar-refractivity contribution in [2.45, 2.75) is 51.2 Å². The summed E-state index contributed by atoms with van der Waals surface area (Å²) >= 11 is 4.18. The lowest BCUT2D eigenvalue weighted by atomic mass is 9.98. The van der Waals surface area contributed by atoms with Gasteiger partial charge in [0.15, 0.2) is 0 Å². The van der Waals surface area contributed by atoms with E-state index in [0.29, 0.717) is 18.8 Å². The van der Waals surface area contributed by atoms with Gasteiger partial charge < -0.3 is 31.6 Å². The Bertz CT molecular complexity index is 977. The van der Waals surface area contributed by atoms with Gasteiger partial charge in [0.25, 0.3) is 0 Å². The summed E-state index contributed by atoms with van der Waals surface area (Å²) in [6, 6.07) is 7.47. The molecule has 17 heteroatoms. The monoisotopic (exact) mass is 577 g/mol. The molecule has 0 spiro atoms. The molecule has 0 fully saturated rings. The van der Waals surface area contributed by atoms with Crippen molar-refractivity contribution in [2.75, 3.05) is 12.3 Å². The van der Waals surface area contributed by atoms with Gasteiger partial charge in [0.05, 0.1) is 23.6 Å². The van der Waals surface area contributed by atoms with Crippen LogP contribution < -0.4 is 16.4 Å². The lowest BCUT2D eigenvalue weighted by Gasteiger charge is -2.24. The maximum Gasteiger partial charge on any atom is 0.490 e. The number of benzene rings is 1. The summed E-state index contributed by atoms with van der Waals surface area (Å²) in [6.45, 7) is 5.08. The Hall–Kier alpha value is -3.05. The zero-order valence-electron chi connectivity index (χ0n) is 20.2. The van der Waals surface area contributed by atoms with Crippen molar-refractivity contribution in [3.8, 4) is 0 Å². The van der Waals surface area contributed by atoms with Crippen molar-refractivity contribution in [1.29, 1.82) is 0 Å². The number of aromatic nitrogens is 2. The van der Waals surface area contributed by atoms with Crippen LogP contribution in [0.1, 0.15) is 26.1 Å². The molecule has 2 aromatic rings. The molecule has 0 bridgehead atoms. The number of carbonyl (C=O) groups is 3. The Morgan fingerprint density at radius 1 is 1.08 bits per heavy atom. The summed E-state index contributed by atoms with van der Waals surface area (Å²) in [5, 5.41) is 20.5. The number of nitrogens with one attached hydrogen (secondary N) is 3. The lowest BCUT2D eigenvalue weighted by molar-refractivity contribution is -0.193. The number of imidazole rings is 1. The van der Waals surface area contributed by atoms with Crippen molar-refractivity contribution in [2.24, 2.45) is 11.7 Å². The number of rotatable bonds is 9. The van der Waals surface area contributed by atoms with E-state index in [4.69, 9.17) is 25.5 Å². The van der Waals surface area contributed by atoms with Crippen molar-refractivity contribution < 1.29 is 50.9 Å². The number of H-pyrrole nitrogens is 1. The number of thiol groups is 1. The van der Waals surface area contributed by atoms with Gasteiger partial charge in [-0.2, -0.15) is 39.0 Å². The first-order chi connectivity index (χ1) is 17.4. The Balaban J connectivity index is 0.000000804. The van der Waals surface area contributed by atoms with Crippen molar-refractivity contribution in [1.82, 2.24) is 20.6 Å². The van der Waals surface area contributed by atoms with Crippen LogP contribution in [0.4, 0.5) is 26.3 Å². The van der Waals surface area contributed by atoms with E-state index >= 15 is 0 Å². The highest BCUT2D eigenvalue weighted by Gasteiger charge is 2.38. The smallest absolute Gasteiger partial charge is 0.475 e. The van der Waals surface area contributed by atoms with Gasteiger partial charge in [-0.3, -0.25) is 4.79 Å². The highest BCUT2D eigenvalue weighted by atomic mass is 32.1. The van der Waals surface area contributed by atoms with Crippen LogP contribution in [0, 0.1) is 5.92 Å². The Labute approximate surface area is 218 Å². The minimum Gasteiger partial charge on any atom is -0.475 e. The standard InChI is InChI=1S/C17H27N5OS.2C2HF3O2/c1-3-11(2)16(19-8-12(18)10-24)17(23)20-9-15-21-13-6-4-5-7-14(13)22-15;2*3-2(4,5)1(6)7/h4-7,11-12,16,19,24H,3,8-10,18H2,1-2H3,(H,20,23)(H,21,22);2*(H,6,7)/t11-,12?,16+;;/m0../s1. The zero-order valence-corrected chi connectivity index (χ0v) is 21.1. The van der Waals surface area contributed by atoms with E-state index in [1.807, 2.05) is 24.3 Å². The molecule has 10 nitrogen and oxygen atoms in total. The third-order valence-electron chi connectivity index (χ3n) is 4.68. The molecule has 3 atom stereocenters. The van der Waals surface area contributed by atoms with E-state index in [1.54, 1.807) is 0 Å². The van der Waals surface area contributed by atoms with Crippen molar-refractivity contribution in [3.05, 3.63) is 30.1 Å². The highest BCUT2D eigenvalue weighted by Crippen LogP contribution is 2.14. The fourth-order valence-electron chi connectivity index (χ4n) is 2.50. The second-order valence-electron chi connectivity index (χ2n) is 7.74. The molecule has 1 amide bonds. The molecule has 0 saturated carbocycles. The molecule has 0 aliphatic rings. The number of aliphatic carboxylic acids is 2. The van der Waals surface area contributed by atoms with Crippen LogP contribution >= 0.6 is 12.6 Å². The fraction of sp³-hybridized carbons (Fsp3) is 0.524. The number of hydrogen-bond acceptors (Lipinski definition) is 7. The number of fused-ring (bicyclic) bond motifs is 1. The topological polar surface area (TPSA) is 170 Å². The molecule has 0 radical (unpaired) electrons. The van der Waals surface area contributed by atoms with Crippen molar-refractivity contribution >= 4 is 41.5 Å². The summed E-state index contributed by atoms with van der Waals surface area (Å²) in [5.74, 6) is -4.00. The average Bonchev–Trinajstić information content (AvgIpc) is 3.25. The van der Waals surface area contributed by atoms with Crippen LogP contribution in [0.5, 0.6) is 0 Å². The van der Waals surface area contributed by atoms with Crippen LogP contribution in [0.3, 0.4) is 0 Å². The summed E-state index contributed by atoms with van der Waals surface area (Å²) in [6.07, 6.45) is -9.26. The third kappa shape index (κ3) is 13.5. The largest absolute Gasteiger partial charge is 0.490 e. The van der Waals surface area contributed by atoms with Gasteiger partial charge in [-0.1, -0.05) is 32.4 Å². The van der Waals surface area contributed by atoms with E-state index in [1.165, 1.54) is 0 Å². The summed E-state index contributed by atoms with van der Waals surface area (Å²) in [7, 11) is 0. The molecule has 1 heterocycles. The Morgan fingerprint density at radius 3 is 2.00 bits per heavy atom. The molecule has 1 aromatic carbocycles. The van der Waals surface area contributed by atoms with E-state index in [0.717, 1.165) is 23.3 Å². The van der Waals surface area contributed by atoms with E-state index < -0.39 is 24.3 Å². The number of carbonyl (C=O) groups excluding carboxylic acids is 1. The molecule has 216 valence electrons. The zero-order chi connectivity index (χ0) is 29.7. The molecule has 1 unspecified atom stereocenters. The molecule has 2 rings (SSSR count). The Kier molecular flexibility index (Phi) is 14.7. The second-order valence-corrected chi connectivity index (χ2v) is 8.10. The molecule has 7 N–H and O–H groups in total. The van der Waals surface area contributed by atoms with Gasteiger partial charge in [0, 0.05) is 18.3 Å². The number of carboxylic acid groups (broad SMARTS) is 2. The number of alkyl halides is 6. The van der Waals surface area contributed by atoms with Crippen molar-refractivity contribution in [3.63, 3.8) is 0 Å². The van der Waals surface area contributed by atoms with Gasteiger partial charge in [-0.05, 0) is 18.1 Å². The normalized spacial score (nSPS) is 13.7. The quantitative estimate of drug-likeness (QED) is 0.176. The van der Waals surface area contributed by atoms with Gasteiger partial charge in [0.2, 0.25) is 5.91 Å². The second kappa shape index (κ2) is 16.0. The minimum atomic E-state index is -5.08. The van der Waals surface area contributed by atoms with E-state index in [-0.39, 0.29) is 23.9 Å².